The summed E-state index contributed by atoms with van der Waals surface area (Å²) in [6.07, 6.45) is 10.3. The number of urea groups is 1. The van der Waals surface area contributed by atoms with E-state index in [0.29, 0.717) is 5.02 Å². The summed E-state index contributed by atoms with van der Waals surface area (Å²) in [5, 5.41) is 0.634. The molecule has 0 bridgehead atoms. The predicted molar refractivity (Wildman–Crippen MR) is 155 cm³/mol. The molecule has 1 aliphatic carbocycles. The number of anilines is 2. The highest BCUT2D eigenvalue weighted by molar-refractivity contribution is 6.32. The van der Waals surface area contributed by atoms with Crippen LogP contribution in [0.1, 0.15) is 29.5 Å². The number of nitrogens with zero attached hydrogens (tertiary/aromatic N) is 3. The van der Waals surface area contributed by atoms with E-state index in [1.165, 1.54) is 0 Å². The number of rotatable bonds is 1. The lowest BCUT2D eigenvalue weighted by atomic mass is 10.0. The van der Waals surface area contributed by atoms with Crippen LogP contribution in [-0.2, 0) is 4.79 Å². The van der Waals surface area contributed by atoms with Crippen molar-refractivity contribution in [3.8, 4) is 0 Å². The van der Waals surface area contributed by atoms with Crippen LogP contribution in [0.15, 0.2) is 107 Å². The molecule has 2 N–H and O–H groups in total. The lowest BCUT2D eigenvalue weighted by Gasteiger charge is -2.25. The van der Waals surface area contributed by atoms with Gasteiger partial charge in [-0.05, 0) is 48.2 Å². The molecule has 3 amide bonds. The third-order valence-electron chi connectivity index (χ3n) is 6.61. The van der Waals surface area contributed by atoms with Crippen molar-refractivity contribution in [1.82, 2.24) is 0 Å². The second kappa shape index (κ2) is 10.9. The zero-order valence-corrected chi connectivity index (χ0v) is 21.7. The standard InChI is InChI=1S/C16H13ClN2O.C15H14N2O/c1-19-14-8-7-12(17)9-13(14)16(18-10-15(19)20)11-5-3-2-4-6-11;16-15(18)17-13-7-3-1-5-11(13)9-10-12-6-2-4-8-14(12)17/h2-9H,10H2,1H3;1,3,5-10H,2,4H2,(H2,16,18). The average Bonchev–Trinajstić information content (AvgIpc) is 3.18. The summed E-state index contributed by atoms with van der Waals surface area (Å²) in [4.78, 5) is 31.5. The Hall–Kier alpha value is -4.42. The van der Waals surface area contributed by atoms with E-state index >= 15 is 0 Å². The molecule has 7 heteroatoms. The fourth-order valence-corrected chi connectivity index (χ4v) is 4.91. The van der Waals surface area contributed by atoms with Crippen molar-refractivity contribution in [2.45, 2.75) is 12.8 Å². The molecule has 3 aliphatic rings. The molecule has 2 aliphatic heterocycles. The summed E-state index contributed by atoms with van der Waals surface area (Å²) in [5.41, 5.74) is 12.9. The number of primary amides is 1. The zero-order chi connectivity index (χ0) is 26.6. The Morgan fingerprint density at radius 3 is 2.45 bits per heavy atom. The van der Waals surface area contributed by atoms with Crippen LogP contribution in [0.4, 0.5) is 16.2 Å². The number of benzodiazepines with no additional fused rings is 1. The molecule has 2 heterocycles. The number of fused-ring (bicyclic) bond motifs is 3. The lowest BCUT2D eigenvalue weighted by Crippen LogP contribution is -2.36. The third-order valence-corrected chi connectivity index (χ3v) is 6.85. The first kappa shape index (κ1) is 25.2. The molecule has 0 unspecified atom stereocenters. The third kappa shape index (κ3) is 5.04. The molecule has 3 aromatic carbocycles. The first-order chi connectivity index (χ1) is 18.4. The molecule has 0 fully saturated rings. The lowest BCUT2D eigenvalue weighted by molar-refractivity contribution is -0.116. The smallest absolute Gasteiger partial charge is 0.323 e. The fraction of sp³-hybridized carbons (Fsp3) is 0.129. The number of hydrogen-bond donors (Lipinski definition) is 1. The Morgan fingerprint density at radius 2 is 1.66 bits per heavy atom. The maximum Gasteiger partial charge on any atom is 0.323 e. The van der Waals surface area contributed by atoms with Gasteiger partial charge in [-0.1, -0.05) is 84.4 Å². The van der Waals surface area contributed by atoms with Crippen LogP contribution in [0.5, 0.6) is 0 Å². The van der Waals surface area contributed by atoms with E-state index in [-0.39, 0.29) is 12.5 Å². The van der Waals surface area contributed by atoms with Crippen molar-refractivity contribution in [3.05, 3.63) is 124 Å². The number of likely N-dealkylation sites (N-methyl/N-ethyl adjacent to an activating group) is 1. The first-order valence-electron chi connectivity index (χ1n) is 12.4. The van der Waals surface area contributed by atoms with Crippen molar-refractivity contribution in [2.24, 2.45) is 10.7 Å². The van der Waals surface area contributed by atoms with Crippen LogP contribution in [-0.4, -0.2) is 31.2 Å². The zero-order valence-electron chi connectivity index (χ0n) is 21.0. The van der Waals surface area contributed by atoms with Crippen LogP contribution in [0.3, 0.4) is 0 Å². The van der Waals surface area contributed by atoms with Crippen LogP contribution in [0.25, 0.3) is 6.08 Å². The number of amides is 3. The summed E-state index contributed by atoms with van der Waals surface area (Å²) in [5.74, 6) is -0.0282. The SMILES string of the molecule is CN1C(=O)CN=C(c2ccccc2)c2cc(Cl)ccc21.NC(=O)N1C2=CCCC=C2C=Cc2ccccc21. The van der Waals surface area contributed by atoms with E-state index in [1.54, 1.807) is 22.9 Å². The van der Waals surface area contributed by atoms with Crippen molar-refractivity contribution < 1.29 is 9.59 Å². The largest absolute Gasteiger partial charge is 0.351 e. The number of allylic oxidation sites excluding steroid dienone is 3. The Labute approximate surface area is 227 Å². The predicted octanol–water partition coefficient (Wildman–Crippen LogP) is 6.36. The number of carbonyl (C=O) groups excluding carboxylic acids is 2. The van der Waals surface area contributed by atoms with Gasteiger partial charge in [-0.15, -0.1) is 0 Å². The van der Waals surface area contributed by atoms with E-state index in [0.717, 1.165) is 57.9 Å². The average molecular weight is 523 g/mol. The minimum absolute atomic E-state index is 0.0282. The van der Waals surface area contributed by atoms with Crippen LogP contribution >= 0.6 is 11.6 Å². The quantitative estimate of drug-likeness (QED) is 0.404. The van der Waals surface area contributed by atoms with Crippen LogP contribution < -0.4 is 15.5 Å². The molecule has 0 saturated heterocycles. The number of carbonyl (C=O) groups is 2. The van der Waals surface area contributed by atoms with Crippen molar-refractivity contribution in [1.29, 1.82) is 0 Å². The Balaban J connectivity index is 0.000000156. The van der Waals surface area contributed by atoms with Gasteiger partial charge in [-0.3, -0.25) is 14.7 Å². The summed E-state index contributed by atoms with van der Waals surface area (Å²) in [7, 11) is 1.76. The van der Waals surface area contributed by atoms with Gasteiger partial charge in [0.25, 0.3) is 0 Å². The number of benzene rings is 3. The van der Waals surface area contributed by atoms with Crippen LogP contribution in [0.2, 0.25) is 5.02 Å². The second-order valence-electron chi connectivity index (χ2n) is 9.04. The highest BCUT2D eigenvalue weighted by Gasteiger charge is 2.25. The van der Waals surface area contributed by atoms with Crippen molar-refractivity contribution in [3.63, 3.8) is 0 Å². The van der Waals surface area contributed by atoms with Gasteiger partial charge in [0.15, 0.2) is 0 Å². The molecule has 0 atom stereocenters. The molecule has 0 spiro atoms. The highest BCUT2D eigenvalue weighted by atomic mass is 35.5. The molecule has 6 nitrogen and oxygen atoms in total. The fourth-order valence-electron chi connectivity index (χ4n) is 4.74. The normalized spacial score (nSPS) is 15.8. The molecular formula is C31H27ClN4O2. The monoisotopic (exact) mass is 522 g/mol. The molecule has 3 aromatic rings. The highest BCUT2D eigenvalue weighted by Crippen LogP contribution is 2.35. The van der Waals surface area contributed by atoms with Gasteiger partial charge in [0, 0.05) is 23.2 Å². The van der Waals surface area contributed by atoms with E-state index < -0.39 is 6.03 Å². The van der Waals surface area contributed by atoms with E-state index in [9.17, 15) is 9.59 Å². The number of aliphatic imine (C=N–C) groups is 1. The topological polar surface area (TPSA) is 79.0 Å². The van der Waals surface area contributed by atoms with Gasteiger partial charge in [0.1, 0.15) is 6.54 Å². The van der Waals surface area contributed by atoms with Crippen molar-refractivity contribution in [2.75, 3.05) is 23.4 Å². The molecule has 38 heavy (non-hydrogen) atoms. The summed E-state index contributed by atoms with van der Waals surface area (Å²) < 4.78 is 0. The molecule has 190 valence electrons. The summed E-state index contributed by atoms with van der Waals surface area (Å²) >= 11 is 6.11. The number of para-hydroxylation sites is 1. The molecule has 6 rings (SSSR count). The van der Waals surface area contributed by atoms with Gasteiger partial charge >= 0.3 is 6.03 Å². The van der Waals surface area contributed by atoms with Gasteiger partial charge in [0.05, 0.1) is 22.8 Å². The summed E-state index contributed by atoms with van der Waals surface area (Å²) in [6, 6.07) is 22.7. The number of nitrogens with two attached hydrogens (primary N) is 1. The van der Waals surface area contributed by atoms with E-state index in [1.807, 2.05) is 78.9 Å². The molecular weight excluding hydrogens is 496 g/mol. The minimum atomic E-state index is -0.440. The summed E-state index contributed by atoms with van der Waals surface area (Å²) in [6.45, 7) is 0.146. The van der Waals surface area contributed by atoms with E-state index in [4.69, 9.17) is 17.3 Å². The van der Waals surface area contributed by atoms with Gasteiger partial charge < -0.3 is 10.6 Å². The Kier molecular flexibility index (Phi) is 7.24. The second-order valence-corrected chi connectivity index (χ2v) is 9.47. The maximum atomic E-state index is 12.0. The van der Waals surface area contributed by atoms with Crippen LogP contribution in [0, 0.1) is 0 Å². The van der Waals surface area contributed by atoms with Crippen molar-refractivity contribution >= 4 is 46.7 Å². The Morgan fingerprint density at radius 1 is 0.921 bits per heavy atom. The van der Waals surface area contributed by atoms with E-state index in [2.05, 4.69) is 17.1 Å². The number of hydrogen-bond acceptors (Lipinski definition) is 3. The van der Waals surface area contributed by atoms with Gasteiger partial charge in [0.2, 0.25) is 5.91 Å². The first-order valence-corrected chi connectivity index (χ1v) is 12.8. The Bertz CT molecular complexity index is 1520. The number of halogens is 1. The molecule has 0 saturated carbocycles. The minimum Gasteiger partial charge on any atom is -0.351 e. The van der Waals surface area contributed by atoms with Gasteiger partial charge in [-0.2, -0.15) is 0 Å². The molecule has 0 aromatic heterocycles. The maximum absolute atomic E-state index is 12.0. The molecule has 0 radical (unpaired) electrons. The van der Waals surface area contributed by atoms with Gasteiger partial charge in [-0.25, -0.2) is 4.79 Å².